The molecular formula is C14H15BrN2. The van der Waals surface area contributed by atoms with E-state index in [-0.39, 0.29) is 0 Å². The minimum Gasteiger partial charge on any atom is -0.342 e. The van der Waals surface area contributed by atoms with E-state index in [0.29, 0.717) is 5.92 Å². The smallest absolute Gasteiger partial charge is 0.109 e. The second kappa shape index (κ2) is 4.65. The van der Waals surface area contributed by atoms with Gasteiger partial charge in [-0.05, 0) is 25.0 Å². The number of benzene rings is 1. The van der Waals surface area contributed by atoms with Gasteiger partial charge in [-0.15, -0.1) is 0 Å². The number of nitrogens with zero attached hydrogens (tertiary/aromatic N) is 1. The molecule has 0 bridgehead atoms. The molecule has 0 unspecified atom stereocenters. The highest BCUT2D eigenvalue weighted by Gasteiger charge is 2.19. The van der Waals surface area contributed by atoms with Crippen LogP contribution in [0.5, 0.6) is 0 Å². The Kier molecular flexibility index (Phi) is 3.02. The Bertz CT molecular complexity index is 512. The summed E-state index contributed by atoms with van der Waals surface area (Å²) in [7, 11) is 0. The van der Waals surface area contributed by atoms with Gasteiger partial charge < -0.3 is 4.98 Å². The molecule has 1 aliphatic rings. The minimum atomic E-state index is 0.649. The van der Waals surface area contributed by atoms with Crippen LogP contribution in [0.4, 0.5) is 0 Å². The average molecular weight is 291 g/mol. The number of imidazole rings is 1. The zero-order chi connectivity index (χ0) is 11.7. The van der Waals surface area contributed by atoms with Crippen LogP contribution in [-0.4, -0.2) is 9.97 Å². The molecule has 0 saturated heterocycles. The predicted octanol–water partition coefficient (Wildman–Crippen LogP) is 4.50. The standard InChI is InChI=1S/C14H15BrN2/c15-12-7-3-6-11(8-12)13-9-16-14(17-13)10-4-1-2-5-10/h3,6-10H,1-2,4-5H2,(H,16,17). The Balaban J connectivity index is 1.89. The van der Waals surface area contributed by atoms with Gasteiger partial charge in [-0.25, -0.2) is 4.98 Å². The van der Waals surface area contributed by atoms with Crippen molar-refractivity contribution in [1.82, 2.24) is 9.97 Å². The van der Waals surface area contributed by atoms with Crippen LogP contribution in [0.15, 0.2) is 34.9 Å². The van der Waals surface area contributed by atoms with Crippen molar-refractivity contribution in [3.05, 3.63) is 40.8 Å². The normalized spacial score (nSPS) is 16.5. The lowest BCUT2D eigenvalue weighted by molar-refractivity contribution is 0.679. The molecule has 1 heterocycles. The van der Waals surface area contributed by atoms with Crippen molar-refractivity contribution >= 4 is 15.9 Å². The van der Waals surface area contributed by atoms with Crippen LogP contribution in [-0.2, 0) is 0 Å². The van der Waals surface area contributed by atoms with Crippen molar-refractivity contribution in [2.24, 2.45) is 0 Å². The topological polar surface area (TPSA) is 28.7 Å². The van der Waals surface area contributed by atoms with Crippen LogP contribution in [0.2, 0.25) is 0 Å². The zero-order valence-electron chi connectivity index (χ0n) is 9.62. The van der Waals surface area contributed by atoms with Gasteiger partial charge in [-0.2, -0.15) is 0 Å². The summed E-state index contributed by atoms with van der Waals surface area (Å²) in [6, 6.07) is 8.32. The maximum Gasteiger partial charge on any atom is 0.109 e. The summed E-state index contributed by atoms with van der Waals surface area (Å²) in [6.45, 7) is 0. The van der Waals surface area contributed by atoms with Gasteiger partial charge in [-0.1, -0.05) is 40.9 Å². The number of hydrogen-bond acceptors (Lipinski definition) is 1. The lowest BCUT2D eigenvalue weighted by atomic mass is 10.1. The van der Waals surface area contributed by atoms with Gasteiger partial charge in [0.1, 0.15) is 5.82 Å². The number of halogens is 1. The molecule has 17 heavy (non-hydrogen) atoms. The van der Waals surface area contributed by atoms with E-state index in [1.165, 1.54) is 31.2 Å². The summed E-state index contributed by atoms with van der Waals surface area (Å²) in [5, 5.41) is 0. The molecule has 3 heteroatoms. The molecule has 1 fully saturated rings. The van der Waals surface area contributed by atoms with E-state index in [4.69, 9.17) is 0 Å². The van der Waals surface area contributed by atoms with Crippen LogP contribution in [0.1, 0.15) is 37.4 Å². The van der Waals surface area contributed by atoms with Crippen LogP contribution in [0, 0.1) is 0 Å². The SMILES string of the molecule is Brc1cccc(-c2cnc(C3CCCC3)[nH]2)c1. The van der Waals surface area contributed by atoms with Crippen LogP contribution >= 0.6 is 15.9 Å². The fraction of sp³-hybridized carbons (Fsp3) is 0.357. The molecule has 1 saturated carbocycles. The van der Waals surface area contributed by atoms with Crippen molar-refractivity contribution < 1.29 is 0 Å². The first-order chi connectivity index (χ1) is 8.33. The summed E-state index contributed by atoms with van der Waals surface area (Å²) in [6.07, 6.45) is 7.21. The quantitative estimate of drug-likeness (QED) is 0.867. The lowest BCUT2D eigenvalue weighted by Gasteiger charge is -2.04. The Hall–Kier alpha value is -1.09. The van der Waals surface area contributed by atoms with Gasteiger partial charge in [0.15, 0.2) is 0 Å². The Morgan fingerprint density at radius 3 is 2.82 bits per heavy atom. The summed E-state index contributed by atoms with van der Waals surface area (Å²) < 4.78 is 1.10. The number of hydrogen-bond donors (Lipinski definition) is 1. The number of aromatic nitrogens is 2. The Morgan fingerprint density at radius 2 is 2.06 bits per heavy atom. The number of nitrogens with one attached hydrogen (secondary N) is 1. The van der Waals surface area contributed by atoms with Gasteiger partial charge >= 0.3 is 0 Å². The molecular weight excluding hydrogens is 276 g/mol. The van der Waals surface area contributed by atoms with Crippen LogP contribution < -0.4 is 0 Å². The highest BCUT2D eigenvalue weighted by atomic mass is 79.9. The van der Waals surface area contributed by atoms with Crippen molar-refractivity contribution in [3.63, 3.8) is 0 Å². The molecule has 1 aromatic heterocycles. The van der Waals surface area contributed by atoms with E-state index in [2.05, 4.69) is 44.1 Å². The molecule has 0 amide bonds. The lowest BCUT2D eigenvalue weighted by Crippen LogP contribution is -1.94. The average Bonchev–Trinajstić information content (AvgIpc) is 3.00. The molecule has 1 aromatic carbocycles. The largest absolute Gasteiger partial charge is 0.342 e. The summed E-state index contributed by atoms with van der Waals surface area (Å²) in [5.41, 5.74) is 2.31. The zero-order valence-corrected chi connectivity index (χ0v) is 11.2. The highest BCUT2D eigenvalue weighted by Crippen LogP contribution is 2.33. The second-order valence-electron chi connectivity index (χ2n) is 4.67. The highest BCUT2D eigenvalue weighted by molar-refractivity contribution is 9.10. The molecule has 0 spiro atoms. The molecule has 2 aromatic rings. The monoisotopic (exact) mass is 290 g/mol. The Morgan fingerprint density at radius 1 is 1.24 bits per heavy atom. The Labute approximate surface area is 110 Å². The maximum atomic E-state index is 4.53. The molecule has 3 rings (SSSR count). The molecule has 2 nitrogen and oxygen atoms in total. The fourth-order valence-electron chi connectivity index (χ4n) is 2.55. The van der Waals surface area contributed by atoms with Gasteiger partial charge in [-0.3, -0.25) is 0 Å². The third-order valence-corrected chi connectivity index (χ3v) is 3.97. The van der Waals surface area contributed by atoms with E-state index in [0.717, 1.165) is 16.0 Å². The van der Waals surface area contributed by atoms with Crippen molar-refractivity contribution in [2.75, 3.05) is 0 Å². The van der Waals surface area contributed by atoms with Crippen LogP contribution in [0.25, 0.3) is 11.3 Å². The summed E-state index contributed by atoms with van der Waals surface area (Å²) in [4.78, 5) is 8.00. The van der Waals surface area contributed by atoms with E-state index < -0.39 is 0 Å². The van der Waals surface area contributed by atoms with E-state index in [1.807, 2.05) is 12.3 Å². The van der Waals surface area contributed by atoms with Crippen molar-refractivity contribution in [2.45, 2.75) is 31.6 Å². The van der Waals surface area contributed by atoms with Crippen LogP contribution in [0.3, 0.4) is 0 Å². The number of rotatable bonds is 2. The van der Waals surface area contributed by atoms with E-state index in [9.17, 15) is 0 Å². The number of H-pyrrole nitrogens is 1. The summed E-state index contributed by atoms with van der Waals surface area (Å²) >= 11 is 3.50. The predicted molar refractivity (Wildman–Crippen MR) is 72.9 cm³/mol. The molecule has 88 valence electrons. The van der Waals surface area contributed by atoms with Gasteiger partial charge in [0, 0.05) is 16.0 Å². The number of aromatic amines is 1. The van der Waals surface area contributed by atoms with Gasteiger partial charge in [0.25, 0.3) is 0 Å². The third-order valence-electron chi connectivity index (χ3n) is 3.47. The maximum absolute atomic E-state index is 4.53. The molecule has 0 atom stereocenters. The van der Waals surface area contributed by atoms with Crippen molar-refractivity contribution in [3.8, 4) is 11.3 Å². The molecule has 0 aliphatic heterocycles. The van der Waals surface area contributed by atoms with Crippen molar-refractivity contribution in [1.29, 1.82) is 0 Å². The first-order valence-electron chi connectivity index (χ1n) is 6.14. The van der Waals surface area contributed by atoms with E-state index in [1.54, 1.807) is 0 Å². The fourth-order valence-corrected chi connectivity index (χ4v) is 2.95. The van der Waals surface area contributed by atoms with Gasteiger partial charge in [0.2, 0.25) is 0 Å². The second-order valence-corrected chi connectivity index (χ2v) is 5.59. The van der Waals surface area contributed by atoms with E-state index >= 15 is 0 Å². The first kappa shape index (κ1) is 11.0. The molecule has 0 radical (unpaired) electrons. The molecule has 1 N–H and O–H groups in total. The molecule has 1 aliphatic carbocycles. The third kappa shape index (κ3) is 2.29. The summed E-state index contributed by atoms with van der Waals surface area (Å²) in [5.74, 6) is 1.81. The van der Waals surface area contributed by atoms with Gasteiger partial charge in [0.05, 0.1) is 11.9 Å². The minimum absolute atomic E-state index is 0.649. The first-order valence-corrected chi connectivity index (χ1v) is 6.93.